The third-order valence-corrected chi connectivity index (χ3v) is 6.83. The Morgan fingerprint density at radius 1 is 1.16 bits per heavy atom. The Morgan fingerprint density at radius 3 is 2.36 bits per heavy atom. The monoisotopic (exact) mass is 365 g/mol. The number of hydrogen-bond acceptors (Lipinski definition) is 4. The van der Waals surface area contributed by atoms with Crippen LogP contribution >= 0.6 is 0 Å². The highest BCUT2D eigenvalue weighted by atomic mass is 32.2. The minimum atomic E-state index is -3.50. The van der Waals surface area contributed by atoms with Crippen LogP contribution in [0.2, 0.25) is 0 Å². The Labute approximate surface area is 150 Å². The van der Waals surface area contributed by atoms with Gasteiger partial charge < -0.3 is 10.6 Å². The highest BCUT2D eigenvalue weighted by Gasteiger charge is 2.31. The van der Waals surface area contributed by atoms with Gasteiger partial charge in [0.2, 0.25) is 10.0 Å². The predicted molar refractivity (Wildman–Crippen MR) is 96.9 cm³/mol. The highest BCUT2D eigenvalue weighted by Crippen LogP contribution is 2.26. The van der Waals surface area contributed by atoms with Gasteiger partial charge >= 0.3 is 0 Å². The van der Waals surface area contributed by atoms with Crippen molar-refractivity contribution in [1.82, 2.24) is 14.9 Å². The molecule has 0 spiro atoms. The third-order valence-electron chi connectivity index (χ3n) is 4.99. The topological polar surface area (TPSA) is 78.5 Å². The van der Waals surface area contributed by atoms with Gasteiger partial charge in [0.15, 0.2) is 0 Å². The van der Waals surface area contributed by atoms with E-state index in [1.807, 2.05) is 0 Å². The van der Waals surface area contributed by atoms with Gasteiger partial charge in [0.25, 0.3) is 5.91 Å². The summed E-state index contributed by atoms with van der Waals surface area (Å²) in [6.45, 7) is 6.98. The normalized spacial score (nSPS) is 28.0. The van der Waals surface area contributed by atoms with Crippen LogP contribution in [0.4, 0.5) is 0 Å². The largest absolute Gasteiger partial charge is 0.348 e. The van der Waals surface area contributed by atoms with Crippen LogP contribution in [0.5, 0.6) is 0 Å². The quantitative estimate of drug-likeness (QED) is 0.846. The van der Waals surface area contributed by atoms with E-state index in [-0.39, 0.29) is 16.8 Å². The maximum Gasteiger partial charge on any atom is 0.251 e. The molecule has 2 fully saturated rings. The molecule has 6 nitrogen and oxygen atoms in total. The van der Waals surface area contributed by atoms with Gasteiger partial charge in [-0.3, -0.25) is 4.79 Å². The van der Waals surface area contributed by atoms with Gasteiger partial charge in [0.1, 0.15) is 0 Å². The second kappa shape index (κ2) is 7.43. The zero-order chi connectivity index (χ0) is 18.0. The van der Waals surface area contributed by atoms with Gasteiger partial charge in [0, 0.05) is 31.2 Å². The Kier molecular flexibility index (Phi) is 5.46. The van der Waals surface area contributed by atoms with Gasteiger partial charge in [-0.05, 0) is 55.5 Å². The van der Waals surface area contributed by atoms with Crippen LogP contribution in [0, 0.1) is 11.8 Å². The van der Waals surface area contributed by atoms with E-state index in [1.165, 1.54) is 0 Å². The Balaban J connectivity index is 1.71. The molecule has 3 atom stereocenters. The molecule has 2 N–H and O–H groups in total. The van der Waals surface area contributed by atoms with Crippen molar-refractivity contribution in [3.63, 3.8) is 0 Å². The molecular weight excluding hydrogens is 338 g/mol. The summed E-state index contributed by atoms with van der Waals surface area (Å²) >= 11 is 0. The zero-order valence-electron chi connectivity index (χ0n) is 14.9. The maximum absolute atomic E-state index is 12.9. The molecule has 1 aromatic carbocycles. The lowest BCUT2D eigenvalue weighted by Gasteiger charge is -2.34. The SMILES string of the molecule is CC1CC(C)CN(S(=O)(=O)c2ccc(C(=O)NC3CCNC3)cc2)C1. The van der Waals surface area contributed by atoms with Gasteiger partial charge in [-0.1, -0.05) is 13.8 Å². The summed E-state index contributed by atoms with van der Waals surface area (Å²) in [5, 5.41) is 6.17. The Morgan fingerprint density at radius 2 is 1.80 bits per heavy atom. The van der Waals surface area contributed by atoms with Crippen molar-refractivity contribution in [2.24, 2.45) is 11.8 Å². The number of piperidine rings is 1. The van der Waals surface area contributed by atoms with Crippen LogP contribution in [0.3, 0.4) is 0 Å². The highest BCUT2D eigenvalue weighted by molar-refractivity contribution is 7.89. The van der Waals surface area contributed by atoms with Gasteiger partial charge in [-0.25, -0.2) is 8.42 Å². The first-order chi connectivity index (χ1) is 11.9. The number of rotatable bonds is 4. The van der Waals surface area contributed by atoms with E-state index in [9.17, 15) is 13.2 Å². The summed E-state index contributed by atoms with van der Waals surface area (Å²) in [5.41, 5.74) is 0.492. The van der Waals surface area contributed by atoms with Crippen LogP contribution in [0.25, 0.3) is 0 Å². The lowest BCUT2D eigenvalue weighted by molar-refractivity contribution is 0.0940. The molecule has 0 bridgehead atoms. The van der Waals surface area contributed by atoms with Crippen molar-refractivity contribution >= 4 is 15.9 Å². The summed E-state index contributed by atoms with van der Waals surface area (Å²) in [7, 11) is -3.50. The summed E-state index contributed by atoms with van der Waals surface area (Å²) in [4.78, 5) is 12.5. The fraction of sp³-hybridized carbons (Fsp3) is 0.611. The second-order valence-corrected chi connectivity index (χ2v) is 9.39. The number of carbonyl (C=O) groups is 1. The summed E-state index contributed by atoms with van der Waals surface area (Å²) in [5.74, 6) is 0.574. The molecule has 1 aromatic rings. The number of nitrogens with zero attached hydrogens (tertiary/aromatic N) is 1. The molecule has 3 rings (SSSR count). The van der Waals surface area contributed by atoms with E-state index in [1.54, 1.807) is 28.6 Å². The molecule has 25 heavy (non-hydrogen) atoms. The molecule has 0 aliphatic carbocycles. The lowest BCUT2D eigenvalue weighted by atomic mass is 9.94. The van der Waals surface area contributed by atoms with Crippen molar-refractivity contribution in [2.45, 2.75) is 37.6 Å². The molecule has 0 aromatic heterocycles. The van der Waals surface area contributed by atoms with Crippen molar-refractivity contribution in [3.8, 4) is 0 Å². The minimum Gasteiger partial charge on any atom is -0.348 e. The number of sulfonamides is 1. The molecule has 2 heterocycles. The summed E-state index contributed by atoms with van der Waals surface area (Å²) < 4.78 is 27.3. The maximum atomic E-state index is 12.9. The van der Waals surface area contributed by atoms with Crippen molar-refractivity contribution in [2.75, 3.05) is 26.2 Å². The van der Waals surface area contributed by atoms with Gasteiger partial charge in [-0.15, -0.1) is 0 Å². The zero-order valence-corrected chi connectivity index (χ0v) is 15.7. The van der Waals surface area contributed by atoms with Gasteiger partial charge in [-0.2, -0.15) is 4.31 Å². The minimum absolute atomic E-state index is 0.146. The Bertz CT molecular complexity index is 702. The van der Waals surface area contributed by atoms with Crippen LogP contribution in [0.15, 0.2) is 29.2 Å². The predicted octanol–water partition coefficient (Wildman–Crippen LogP) is 1.44. The van der Waals surface area contributed by atoms with Crippen LogP contribution < -0.4 is 10.6 Å². The third kappa shape index (κ3) is 4.22. The van der Waals surface area contributed by atoms with Crippen LogP contribution in [-0.2, 0) is 10.0 Å². The molecule has 0 radical (unpaired) electrons. The number of nitrogens with one attached hydrogen (secondary N) is 2. The molecule has 2 aliphatic rings. The molecular formula is C18H27N3O3S. The standard InChI is InChI=1S/C18H27N3O3S/c1-13-9-14(2)12-21(11-13)25(23,24)17-5-3-15(4-6-17)18(22)20-16-7-8-19-10-16/h3-6,13-14,16,19H,7-12H2,1-2H3,(H,20,22). The average Bonchev–Trinajstić information content (AvgIpc) is 3.07. The summed E-state index contributed by atoms with van der Waals surface area (Å²) in [6.07, 6.45) is 1.98. The molecule has 2 aliphatic heterocycles. The van der Waals surface area contributed by atoms with Gasteiger partial charge in [0.05, 0.1) is 4.90 Å². The van der Waals surface area contributed by atoms with E-state index in [2.05, 4.69) is 24.5 Å². The second-order valence-electron chi connectivity index (χ2n) is 7.46. The number of benzene rings is 1. The van der Waals surface area contributed by atoms with Crippen molar-refractivity contribution in [3.05, 3.63) is 29.8 Å². The number of carbonyl (C=O) groups excluding carboxylic acids is 1. The first-order valence-electron chi connectivity index (χ1n) is 8.98. The number of amides is 1. The van der Waals surface area contributed by atoms with E-state index in [4.69, 9.17) is 0 Å². The lowest BCUT2D eigenvalue weighted by Crippen LogP contribution is -2.42. The molecule has 3 unspecified atom stereocenters. The molecule has 138 valence electrons. The molecule has 2 saturated heterocycles. The van der Waals surface area contributed by atoms with E-state index in [0.29, 0.717) is 30.5 Å². The average molecular weight is 365 g/mol. The Hall–Kier alpha value is -1.44. The fourth-order valence-electron chi connectivity index (χ4n) is 3.78. The number of hydrogen-bond donors (Lipinski definition) is 2. The van der Waals surface area contributed by atoms with Crippen LogP contribution in [-0.4, -0.2) is 50.9 Å². The molecule has 1 amide bonds. The smallest absolute Gasteiger partial charge is 0.251 e. The van der Waals surface area contributed by atoms with Crippen LogP contribution in [0.1, 0.15) is 37.0 Å². The van der Waals surface area contributed by atoms with E-state index >= 15 is 0 Å². The first kappa shape index (κ1) is 18.4. The summed E-state index contributed by atoms with van der Waals surface area (Å²) in [6, 6.07) is 6.43. The molecule has 0 saturated carbocycles. The fourth-order valence-corrected chi connectivity index (χ4v) is 5.46. The molecule has 7 heteroatoms. The van der Waals surface area contributed by atoms with Crippen molar-refractivity contribution < 1.29 is 13.2 Å². The van der Waals surface area contributed by atoms with E-state index < -0.39 is 10.0 Å². The van der Waals surface area contributed by atoms with Crippen molar-refractivity contribution in [1.29, 1.82) is 0 Å². The van der Waals surface area contributed by atoms with E-state index in [0.717, 1.165) is 25.9 Å². The first-order valence-corrected chi connectivity index (χ1v) is 10.4.